The Morgan fingerprint density at radius 1 is 1.20 bits per heavy atom. The number of hydrogen-bond acceptors (Lipinski definition) is 6. The van der Waals surface area contributed by atoms with E-state index in [1.807, 2.05) is 18.7 Å². The van der Waals surface area contributed by atoms with E-state index in [1.54, 1.807) is 25.3 Å². The first-order chi connectivity index (χ1) is 14.5. The number of aryl methyl sites for hydroxylation is 1. The molecule has 1 atom stereocenters. The minimum atomic E-state index is -0.328. The minimum absolute atomic E-state index is 0.0660. The largest absolute Gasteiger partial charge is 0.493 e. The number of aromatic amines is 1. The minimum Gasteiger partial charge on any atom is -0.493 e. The molecular weight excluding hydrogens is 384 g/mol. The fourth-order valence-electron chi connectivity index (χ4n) is 3.39. The number of ether oxygens (including phenoxy) is 2. The van der Waals surface area contributed by atoms with Gasteiger partial charge in [0, 0.05) is 31.5 Å². The molecule has 30 heavy (non-hydrogen) atoms. The lowest BCUT2D eigenvalue weighted by atomic mass is 10.1. The molecule has 1 N–H and O–H groups in total. The van der Waals surface area contributed by atoms with Gasteiger partial charge >= 0.3 is 0 Å². The molecule has 1 amide bonds. The fraction of sp³-hybridized carbons (Fsp3) is 0.545. The summed E-state index contributed by atoms with van der Waals surface area (Å²) in [5.41, 5.74) is 0.613. The second-order valence-corrected chi connectivity index (χ2v) is 7.59. The molecule has 0 unspecified atom stereocenters. The highest BCUT2D eigenvalue weighted by Crippen LogP contribution is 2.32. The number of carbonyl (C=O) groups is 1. The average molecular weight is 415 g/mol. The zero-order chi connectivity index (χ0) is 21.5. The van der Waals surface area contributed by atoms with Crippen molar-refractivity contribution >= 4 is 5.91 Å². The Labute approximate surface area is 176 Å². The summed E-state index contributed by atoms with van der Waals surface area (Å²) < 4.78 is 11.3. The molecular formula is C22H30N4O4. The second kappa shape index (κ2) is 10.2. The monoisotopic (exact) mass is 414 g/mol. The van der Waals surface area contributed by atoms with Crippen molar-refractivity contribution in [3.05, 3.63) is 34.2 Å². The van der Waals surface area contributed by atoms with Crippen LogP contribution in [0.25, 0.3) is 11.4 Å². The Hall–Kier alpha value is -2.90. The molecule has 1 aromatic heterocycles. The molecule has 0 radical (unpaired) electrons. The lowest BCUT2D eigenvalue weighted by molar-refractivity contribution is -0.132. The van der Waals surface area contributed by atoms with Crippen LogP contribution in [0.3, 0.4) is 0 Å². The normalized spacial score (nSPS) is 15.0. The topological polar surface area (TPSA) is 97.4 Å². The quantitative estimate of drug-likeness (QED) is 0.713. The highest BCUT2D eigenvalue weighted by atomic mass is 16.5. The number of aromatic nitrogens is 3. The summed E-state index contributed by atoms with van der Waals surface area (Å²) in [5, 5.41) is 8.23. The first-order valence-corrected chi connectivity index (χ1v) is 10.6. The van der Waals surface area contributed by atoms with Gasteiger partial charge < -0.3 is 19.4 Å². The maximum Gasteiger partial charge on any atom is 0.273 e. The lowest BCUT2D eigenvalue weighted by Crippen LogP contribution is -2.36. The van der Waals surface area contributed by atoms with Crippen LogP contribution in [0, 0.1) is 0 Å². The zero-order valence-corrected chi connectivity index (χ0v) is 17.9. The first-order valence-electron chi connectivity index (χ1n) is 10.6. The van der Waals surface area contributed by atoms with Gasteiger partial charge in [-0.15, -0.1) is 10.2 Å². The Bertz CT molecular complexity index is 922. The molecule has 0 saturated carbocycles. The number of rotatable bonds is 8. The Morgan fingerprint density at radius 3 is 2.63 bits per heavy atom. The van der Waals surface area contributed by atoms with Crippen molar-refractivity contribution < 1.29 is 14.3 Å². The van der Waals surface area contributed by atoms with Crippen LogP contribution in [0.2, 0.25) is 0 Å². The second-order valence-electron chi connectivity index (χ2n) is 7.59. The molecule has 0 aliphatic carbocycles. The highest BCUT2D eigenvalue weighted by Gasteiger charge is 2.18. The average Bonchev–Trinajstić information content (AvgIpc) is 2.78. The number of benzene rings is 1. The Kier molecular flexibility index (Phi) is 7.43. The standard InChI is InChI=1S/C22H30N4O4/c1-4-15(2)30-18-10-8-16(14-19(18)29-3)21-23-22(28)17(24-25-21)9-11-20(27)26-12-6-5-7-13-26/h8,10,14-15H,4-7,9,11-13H2,1-3H3,(H,23,25,28)/t15-/m1/s1. The number of H-pyrrole nitrogens is 1. The van der Waals surface area contributed by atoms with Gasteiger partial charge in [0.25, 0.3) is 5.56 Å². The molecule has 2 heterocycles. The van der Waals surface area contributed by atoms with Crippen LogP contribution in [0.15, 0.2) is 23.0 Å². The van der Waals surface area contributed by atoms with Crippen molar-refractivity contribution in [2.75, 3.05) is 20.2 Å². The van der Waals surface area contributed by atoms with Crippen molar-refractivity contribution in [1.82, 2.24) is 20.1 Å². The number of likely N-dealkylation sites (tertiary alicyclic amines) is 1. The number of methoxy groups -OCH3 is 1. The first kappa shape index (κ1) is 21.8. The predicted octanol–water partition coefficient (Wildman–Crippen LogP) is 2.96. The number of carbonyl (C=O) groups excluding carboxylic acids is 1. The molecule has 0 bridgehead atoms. The summed E-state index contributed by atoms with van der Waals surface area (Å²) in [5.74, 6) is 1.62. The summed E-state index contributed by atoms with van der Waals surface area (Å²) in [6, 6.07) is 5.36. The fourth-order valence-corrected chi connectivity index (χ4v) is 3.39. The number of piperidine rings is 1. The third kappa shape index (κ3) is 5.37. The molecule has 3 rings (SSSR count). The molecule has 8 nitrogen and oxygen atoms in total. The summed E-state index contributed by atoms with van der Waals surface area (Å²) in [6.07, 6.45) is 4.76. The van der Waals surface area contributed by atoms with E-state index in [2.05, 4.69) is 15.2 Å². The van der Waals surface area contributed by atoms with Gasteiger partial charge in [-0.25, -0.2) is 0 Å². The van der Waals surface area contributed by atoms with Crippen LogP contribution in [-0.2, 0) is 11.2 Å². The van der Waals surface area contributed by atoms with E-state index in [4.69, 9.17) is 9.47 Å². The van der Waals surface area contributed by atoms with Gasteiger partial charge in [-0.1, -0.05) is 6.92 Å². The Morgan fingerprint density at radius 2 is 1.97 bits per heavy atom. The third-order valence-corrected chi connectivity index (χ3v) is 5.39. The van der Waals surface area contributed by atoms with Gasteiger partial charge in [0.05, 0.1) is 13.2 Å². The molecule has 162 valence electrons. The summed E-state index contributed by atoms with van der Waals surface area (Å²) >= 11 is 0. The molecule has 1 fully saturated rings. The molecule has 2 aromatic rings. The number of nitrogens with one attached hydrogen (secondary N) is 1. The van der Waals surface area contributed by atoms with Crippen LogP contribution in [-0.4, -0.2) is 52.3 Å². The van der Waals surface area contributed by atoms with Crippen LogP contribution in [0.1, 0.15) is 51.6 Å². The smallest absolute Gasteiger partial charge is 0.273 e. The van der Waals surface area contributed by atoms with Crippen molar-refractivity contribution in [3.63, 3.8) is 0 Å². The molecule has 1 saturated heterocycles. The van der Waals surface area contributed by atoms with Crippen molar-refractivity contribution in [2.45, 2.75) is 58.5 Å². The summed E-state index contributed by atoms with van der Waals surface area (Å²) in [7, 11) is 1.57. The van der Waals surface area contributed by atoms with Gasteiger partial charge in [-0.05, 0) is 50.8 Å². The van der Waals surface area contributed by atoms with Gasteiger partial charge in [0.1, 0.15) is 5.69 Å². The van der Waals surface area contributed by atoms with E-state index >= 15 is 0 Å². The molecule has 1 aromatic carbocycles. The van der Waals surface area contributed by atoms with Gasteiger partial charge in [0.2, 0.25) is 5.91 Å². The molecule has 1 aliphatic rings. The maximum absolute atomic E-state index is 12.5. The highest BCUT2D eigenvalue weighted by molar-refractivity contribution is 5.76. The molecule has 0 spiro atoms. The van der Waals surface area contributed by atoms with E-state index < -0.39 is 0 Å². The van der Waals surface area contributed by atoms with Crippen LogP contribution >= 0.6 is 0 Å². The van der Waals surface area contributed by atoms with E-state index in [9.17, 15) is 9.59 Å². The molecule has 1 aliphatic heterocycles. The van der Waals surface area contributed by atoms with Crippen LogP contribution < -0.4 is 15.0 Å². The molecule has 8 heteroatoms. The van der Waals surface area contributed by atoms with E-state index in [1.165, 1.54) is 6.42 Å². The van der Waals surface area contributed by atoms with Gasteiger partial charge in [-0.3, -0.25) is 9.59 Å². The zero-order valence-electron chi connectivity index (χ0n) is 17.9. The van der Waals surface area contributed by atoms with Gasteiger partial charge in [-0.2, -0.15) is 0 Å². The van der Waals surface area contributed by atoms with Crippen molar-refractivity contribution in [3.8, 4) is 22.9 Å². The van der Waals surface area contributed by atoms with Crippen molar-refractivity contribution in [2.24, 2.45) is 0 Å². The summed E-state index contributed by atoms with van der Waals surface area (Å²) in [6.45, 7) is 5.65. The van der Waals surface area contributed by atoms with Crippen LogP contribution in [0.4, 0.5) is 0 Å². The third-order valence-electron chi connectivity index (χ3n) is 5.39. The summed E-state index contributed by atoms with van der Waals surface area (Å²) in [4.78, 5) is 29.4. The lowest BCUT2D eigenvalue weighted by Gasteiger charge is -2.26. The van der Waals surface area contributed by atoms with E-state index in [0.717, 1.165) is 32.4 Å². The SMILES string of the molecule is CC[C@@H](C)Oc1ccc(-c2nnc(CCC(=O)N3CCCCC3)c(=O)[nH]2)cc1OC. The van der Waals surface area contributed by atoms with E-state index in [0.29, 0.717) is 22.9 Å². The maximum atomic E-state index is 12.5. The number of nitrogens with zero attached hydrogens (tertiary/aromatic N) is 3. The van der Waals surface area contributed by atoms with Crippen LogP contribution in [0.5, 0.6) is 11.5 Å². The number of hydrogen-bond donors (Lipinski definition) is 1. The van der Waals surface area contributed by atoms with Crippen molar-refractivity contribution in [1.29, 1.82) is 0 Å². The Balaban J connectivity index is 1.70. The predicted molar refractivity (Wildman–Crippen MR) is 114 cm³/mol. The number of amides is 1. The van der Waals surface area contributed by atoms with E-state index in [-0.39, 0.29) is 36.1 Å². The van der Waals surface area contributed by atoms with Gasteiger partial charge in [0.15, 0.2) is 17.3 Å².